The summed E-state index contributed by atoms with van der Waals surface area (Å²) in [5, 5.41) is 0. The third kappa shape index (κ3) is 1.95. The number of ether oxygens (including phenoxy) is 2. The van der Waals surface area contributed by atoms with Gasteiger partial charge in [-0.2, -0.15) is 0 Å². The summed E-state index contributed by atoms with van der Waals surface area (Å²) in [5.41, 5.74) is 5.53. The number of hydrogen-bond donors (Lipinski definition) is 1. The van der Waals surface area contributed by atoms with E-state index in [0.29, 0.717) is 17.1 Å². The van der Waals surface area contributed by atoms with E-state index in [1.165, 1.54) is 14.2 Å². The van der Waals surface area contributed by atoms with Crippen molar-refractivity contribution in [2.45, 2.75) is 24.3 Å². The minimum Gasteiger partial charge on any atom is -0.493 e. The molecule has 1 aromatic carbocycles. The van der Waals surface area contributed by atoms with Gasteiger partial charge in [0.2, 0.25) is 0 Å². The van der Waals surface area contributed by atoms with Crippen molar-refractivity contribution in [2.75, 3.05) is 14.2 Å². The Hall–Kier alpha value is -1.36. The smallest absolute Gasteiger partial charge is 0.252 e. The summed E-state index contributed by atoms with van der Waals surface area (Å²) in [4.78, 5) is 0. The monoisotopic (exact) mass is 243 g/mol. The highest BCUT2D eigenvalue weighted by Gasteiger charge is 2.56. The molecule has 0 bridgehead atoms. The molecule has 1 aliphatic rings. The molecule has 2 rings (SSSR count). The maximum atomic E-state index is 13.0. The predicted octanol–water partition coefficient (Wildman–Crippen LogP) is 2.29. The van der Waals surface area contributed by atoms with Gasteiger partial charge in [-0.25, -0.2) is 8.78 Å². The average Bonchev–Trinajstić information content (AvgIpc) is 2.25. The van der Waals surface area contributed by atoms with Crippen molar-refractivity contribution in [3.05, 3.63) is 23.8 Å². The Bertz CT molecular complexity index is 427. The van der Waals surface area contributed by atoms with Gasteiger partial charge in [0.25, 0.3) is 5.92 Å². The molecule has 0 atom stereocenters. The van der Waals surface area contributed by atoms with Crippen LogP contribution in [0, 0.1) is 0 Å². The first-order chi connectivity index (χ1) is 7.92. The third-order valence-electron chi connectivity index (χ3n) is 3.09. The van der Waals surface area contributed by atoms with Gasteiger partial charge in [0.15, 0.2) is 11.5 Å². The highest BCUT2D eigenvalue weighted by Crippen LogP contribution is 2.53. The van der Waals surface area contributed by atoms with Crippen LogP contribution >= 0.6 is 0 Å². The number of hydrogen-bond acceptors (Lipinski definition) is 3. The van der Waals surface area contributed by atoms with Crippen molar-refractivity contribution in [3.8, 4) is 11.5 Å². The SMILES string of the molecule is COc1cccc(C2(N)CC(F)(F)C2)c1OC. The van der Waals surface area contributed by atoms with E-state index >= 15 is 0 Å². The first kappa shape index (κ1) is 12.1. The molecule has 1 aliphatic carbocycles. The Morgan fingerprint density at radius 2 is 1.82 bits per heavy atom. The lowest BCUT2D eigenvalue weighted by Gasteiger charge is -2.45. The Morgan fingerprint density at radius 1 is 1.18 bits per heavy atom. The highest BCUT2D eigenvalue weighted by molar-refractivity contribution is 5.51. The number of nitrogens with two attached hydrogens (primary N) is 1. The molecule has 0 spiro atoms. The molecule has 1 aromatic rings. The van der Waals surface area contributed by atoms with Gasteiger partial charge in [-0.3, -0.25) is 0 Å². The molecule has 0 saturated heterocycles. The molecule has 94 valence electrons. The van der Waals surface area contributed by atoms with Crippen molar-refractivity contribution >= 4 is 0 Å². The second kappa shape index (κ2) is 3.84. The first-order valence-electron chi connectivity index (χ1n) is 5.30. The number of para-hydroxylation sites is 1. The number of benzene rings is 1. The van der Waals surface area contributed by atoms with E-state index in [0.717, 1.165) is 0 Å². The summed E-state index contributed by atoms with van der Waals surface area (Å²) in [5.74, 6) is -1.74. The zero-order chi connectivity index (χ0) is 12.7. The maximum Gasteiger partial charge on any atom is 0.252 e. The van der Waals surface area contributed by atoms with E-state index in [1.807, 2.05) is 0 Å². The molecule has 17 heavy (non-hydrogen) atoms. The summed E-state index contributed by atoms with van der Waals surface area (Å²) < 4.78 is 36.3. The number of methoxy groups -OCH3 is 2. The van der Waals surface area contributed by atoms with Crippen LogP contribution in [0.4, 0.5) is 8.78 Å². The van der Waals surface area contributed by atoms with Gasteiger partial charge in [0, 0.05) is 18.4 Å². The molecule has 1 fully saturated rings. The van der Waals surface area contributed by atoms with E-state index < -0.39 is 11.5 Å². The largest absolute Gasteiger partial charge is 0.493 e. The molecule has 0 aliphatic heterocycles. The van der Waals surface area contributed by atoms with Gasteiger partial charge in [0.05, 0.1) is 19.8 Å². The minimum absolute atomic E-state index is 0.358. The molecular formula is C12H15F2NO2. The number of rotatable bonds is 3. The molecular weight excluding hydrogens is 228 g/mol. The summed E-state index contributed by atoms with van der Waals surface area (Å²) >= 11 is 0. The maximum absolute atomic E-state index is 13.0. The molecule has 2 N–H and O–H groups in total. The predicted molar refractivity (Wildman–Crippen MR) is 59.6 cm³/mol. The first-order valence-corrected chi connectivity index (χ1v) is 5.30. The fraction of sp³-hybridized carbons (Fsp3) is 0.500. The number of halogens is 2. The fourth-order valence-corrected chi connectivity index (χ4v) is 2.34. The standard InChI is InChI=1S/C12H15F2NO2/c1-16-9-5-3-4-8(10(9)17-2)11(15)6-12(13,14)7-11/h3-5H,6-7,15H2,1-2H3. The third-order valence-corrected chi connectivity index (χ3v) is 3.09. The lowest BCUT2D eigenvalue weighted by Crippen LogP contribution is -2.55. The highest BCUT2D eigenvalue weighted by atomic mass is 19.3. The Morgan fingerprint density at radius 3 is 2.29 bits per heavy atom. The van der Waals surface area contributed by atoms with Crippen LogP contribution in [0.5, 0.6) is 11.5 Å². The summed E-state index contributed by atoms with van der Waals surface area (Å²) in [6, 6.07) is 5.14. The summed E-state index contributed by atoms with van der Waals surface area (Å²) in [6.07, 6.45) is -0.715. The fourth-order valence-electron chi connectivity index (χ4n) is 2.34. The van der Waals surface area contributed by atoms with Crippen LogP contribution in [0.3, 0.4) is 0 Å². The van der Waals surface area contributed by atoms with Crippen LogP contribution < -0.4 is 15.2 Å². The second-order valence-corrected chi connectivity index (χ2v) is 4.41. The molecule has 3 nitrogen and oxygen atoms in total. The topological polar surface area (TPSA) is 44.5 Å². The number of alkyl halides is 2. The van der Waals surface area contributed by atoms with Crippen LogP contribution in [-0.4, -0.2) is 20.1 Å². The van der Waals surface area contributed by atoms with E-state index in [9.17, 15) is 8.78 Å². The molecule has 0 aromatic heterocycles. The van der Waals surface area contributed by atoms with E-state index in [-0.39, 0.29) is 12.8 Å². The van der Waals surface area contributed by atoms with E-state index in [4.69, 9.17) is 15.2 Å². The normalized spacial score (nSPS) is 20.5. The zero-order valence-corrected chi connectivity index (χ0v) is 9.80. The average molecular weight is 243 g/mol. The van der Waals surface area contributed by atoms with Gasteiger partial charge >= 0.3 is 0 Å². The van der Waals surface area contributed by atoms with Crippen molar-refractivity contribution in [1.29, 1.82) is 0 Å². The Labute approximate surface area is 98.5 Å². The van der Waals surface area contributed by atoms with Crippen LogP contribution in [-0.2, 0) is 5.54 Å². The van der Waals surface area contributed by atoms with Crippen molar-refractivity contribution < 1.29 is 18.3 Å². The van der Waals surface area contributed by atoms with Crippen LogP contribution in [0.2, 0.25) is 0 Å². The Balaban J connectivity index is 2.40. The Kier molecular flexibility index (Phi) is 2.73. The molecule has 1 saturated carbocycles. The minimum atomic E-state index is -2.68. The van der Waals surface area contributed by atoms with Crippen molar-refractivity contribution in [2.24, 2.45) is 5.73 Å². The van der Waals surface area contributed by atoms with Gasteiger partial charge < -0.3 is 15.2 Å². The summed E-state index contributed by atoms with van der Waals surface area (Å²) in [7, 11) is 2.97. The van der Waals surface area contributed by atoms with Crippen LogP contribution in [0.15, 0.2) is 18.2 Å². The van der Waals surface area contributed by atoms with E-state index in [1.54, 1.807) is 18.2 Å². The van der Waals surface area contributed by atoms with Crippen molar-refractivity contribution in [1.82, 2.24) is 0 Å². The lowest BCUT2D eigenvalue weighted by molar-refractivity contribution is -0.125. The summed E-state index contributed by atoms with van der Waals surface area (Å²) in [6.45, 7) is 0. The molecule has 0 radical (unpaired) electrons. The van der Waals surface area contributed by atoms with Gasteiger partial charge in [0.1, 0.15) is 0 Å². The molecule has 0 amide bonds. The second-order valence-electron chi connectivity index (χ2n) is 4.41. The van der Waals surface area contributed by atoms with Gasteiger partial charge in [-0.15, -0.1) is 0 Å². The van der Waals surface area contributed by atoms with Crippen LogP contribution in [0.1, 0.15) is 18.4 Å². The molecule has 0 unspecified atom stereocenters. The van der Waals surface area contributed by atoms with Crippen molar-refractivity contribution in [3.63, 3.8) is 0 Å². The zero-order valence-electron chi connectivity index (χ0n) is 9.80. The molecule has 5 heteroatoms. The van der Waals surface area contributed by atoms with Crippen LogP contribution in [0.25, 0.3) is 0 Å². The van der Waals surface area contributed by atoms with E-state index in [2.05, 4.69) is 0 Å². The molecule has 0 heterocycles. The lowest BCUT2D eigenvalue weighted by atomic mass is 9.69. The van der Waals surface area contributed by atoms with Gasteiger partial charge in [-0.05, 0) is 6.07 Å². The quantitative estimate of drug-likeness (QED) is 0.885. The van der Waals surface area contributed by atoms with Gasteiger partial charge in [-0.1, -0.05) is 12.1 Å².